The smallest absolute Gasteiger partial charge is 0.328 e. The lowest BCUT2D eigenvalue weighted by Crippen LogP contribution is -2.58. The van der Waals surface area contributed by atoms with Gasteiger partial charge in [0, 0.05) is 16.1 Å². The molecule has 3 atom stereocenters. The summed E-state index contributed by atoms with van der Waals surface area (Å²) in [5.74, 6) is 0.0878. The third-order valence-electron chi connectivity index (χ3n) is 5.61. The Kier molecular flexibility index (Phi) is 6.46. The van der Waals surface area contributed by atoms with Gasteiger partial charge in [0.25, 0.3) is 0 Å². The Balaban J connectivity index is 1.87. The fourth-order valence-electron chi connectivity index (χ4n) is 4.41. The Bertz CT molecular complexity index is 659. The molecule has 4 nitrogen and oxygen atoms in total. The zero-order valence-corrected chi connectivity index (χ0v) is 16.6. The third kappa shape index (κ3) is 4.01. The Hall–Kier alpha value is -1.26. The van der Waals surface area contributed by atoms with E-state index in [4.69, 9.17) is 27.9 Å². The number of ether oxygens (including phenoxy) is 1. The first-order chi connectivity index (χ1) is 12.5. The molecule has 1 aliphatic carbocycles. The van der Waals surface area contributed by atoms with Crippen LogP contribution in [0.4, 0.5) is 0 Å². The molecule has 0 radical (unpaired) electrons. The number of rotatable bonds is 4. The van der Waals surface area contributed by atoms with E-state index in [1.165, 1.54) is 6.42 Å². The fraction of sp³-hybridized carbons (Fsp3) is 0.600. The van der Waals surface area contributed by atoms with Crippen molar-refractivity contribution in [3.8, 4) is 0 Å². The van der Waals surface area contributed by atoms with E-state index in [1.807, 2.05) is 0 Å². The molecule has 0 bridgehead atoms. The Morgan fingerprint density at radius 3 is 2.50 bits per heavy atom. The molecule has 1 saturated carbocycles. The maximum absolute atomic E-state index is 13.2. The van der Waals surface area contributed by atoms with Gasteiger partial charge in [-0.05, 0) is 56.2 Å². The van der Waals surface area contributed by atoms with Gasteiger partial charge in [0.05, 0.1) is 13.0 Å². The van der Waals surface area contributed by atoms with Crippen LogP contribution in [0.15, 0.2) is 18.2 Å². The van der Waals surface area contributed by atoms with Gasteiger partial charge in [0.1, 0.15) is 6.04 Å². The number of hydrogen-bond acceptors (Lipinski definition) is 3. The van der Waals surface area contributed by atoms with Crippen molar-refractivity contribution in [3.63, 3.8) is 0 Å². The van der Waals surface area contributed by atoms with Crippen molar-refractivity contribution < 1.29 is 14.3 Å². The monoisotopic (exact) mass is 397 g/mol. The van der Waals surface area contributed by atoms with Crippen LogP contribution in [0.3, 0.4) is 0 Å². The number of amides is 1. The number of halogens is 2. The summed E-state index contributed by atoms with van der Waals surface area (Å²) in [4.78, 5) is 27.5. The van der Waals surface area contributed by atoms with E-state index in [0.29, 0.717) is 34.6 Å². The quantitative estimate of drug-likeness (QED) is 0.694. The number of fused-ring (bicyclic) bond motifs is 1. The number of nitrogens with zero attached hydrogens (tertiary/aromatic N) is 1. The minimum Gasteiger partial charge on any atom is -0.464 e. The molecule has 1 aromatic rings. The summed E-state index contributed by atoms with van der Waals surface area (Å²) in [5.41, 5.74) is 0.626. The van der Waals surface area contributed by atoms with Crippen molar-refractivity contribution >= 4 is 35.1 Å². The van der Waals surface area contributed by atoms with Gasteiger partial charge in [0.2, 0.25) is 5.91 Å². The molecule has 1 aromatic carbocycles. The second-order valence-corrected chi connectivity index (χ2v) is 7.95. The zero-order valence-electron chi connectivity index (χ0n) is 15.0. The number of esters is 1. The van der Waals surface area contributed by atoms with Gasteiger partial charge >= 0.3 is 5.97 Å². The second-order valence-electron chi connectivity index (χ2n) is 7.14. The molecule has 2 fully saturated rings. The molecule has 2 aliphatic rings. The van der Waals surface area contributed by atoms with Crippen LogP contribution >= 0.6 is 23.2 Å². The summed E-state index contributed by atoms with van der Waals surface area (Å²) in [7, 11) is 0. The molecule has 1 saturated heterocycles. The number of carbonyl (C=O) groups is 2. The molecular weight excluding hydrogens is 373 g/mol. The van der Waals surface area contributed by atoms with E-state index >= 15 is 0 Å². The number of carbonyl (C=O) groups excluding carboxylic acids is 2. The van der Waals surface area contributed by atoms with Crippen LogP contribution in [-0.4, -0.2) is 35.5 Å². The largest absolute Gasteiger partial charge is 0.464 e. The van der Waals surface area contributed by atoms with Gasteiger partial charge in [-0.3, -0.25) is 4.79 Å². The highest BCUT2D eigenvalue weighted by Gasteiger charge is 2.44. The lowest BCUT2D eigenvalue weighted by Gasteiger charge is -2.47. The molecular formula is C20H25Cl2NO3. The molecule has 142 valence electrons. The average molecular weight is 398 g/mol. The maximum Gasteiger partial charge on any atom is 0.328 e. The van der Waals surface area contributed by atoms with Crippen molar-refractivity contribution in [2.24, 2.45) is 5.92 Å². The van der Waals surface area contributed by atoms with Crippen molar-refractivity contribution in [3.05, 3.63) is 33.8 Å². The Labute approximate surface area is 164 Å². The number of piperidine rings is 1. The number of likely N-dealkylation sites (tertiary alicyclic amines) is 1. The van der Waals surface area contributed by atoms with E-state index in [2.05, 4.69) is 0 Å². The van der Waals surface area contributed by atoms with Gasteiger partial charge < -0.3 is 9.64 Å². The summed E-state index contributed by atoms with van der Waals surface area (Å²) in [6.07, 6.45) is 6.11. The highest BCUT2D eigenvalue weighted by atomic mass is 35.5. The van der Waals surface area contributed by atoms with Gasteiger partial charge in [-0.25, -0.2) is 4.79 Å². The predicted molar refractivity (Wildman–Crippen MR) is 102 cm³/mol. The van der Waals surface area contributed by atoms with Gasteiger partial charge in [0.15, 0.2) is 0 Å². The standard InChI is InChI=1S/C20H25Cl2NO3/c1-2-26-20(25)18-11-10-13-6-3-4-9-17(13)23(18)19(24)12-14-15(21)7-5-8-16(14)22/h5,7-8,13,17-18H,2-4,6,9-12H2,1H3. The molecule has 1 heterocycles. The third-order valence-corrected chi connectivity index (χ3v) is 6.32. The normalized spacial score (nSPS) is 25.5. The Morgan fingerprint density at radius 2 is 1.81 bits per heavy atom. The first kappa shape index (κ1) is 19.5. The van der Waals surface area contributed by atoms with Crippen LogP contribution in [0, 0.1) is 5.92 Å². The van der Waals surface area contributed by atoms with Crippen molar-refractivity contribution in [2.75, 3.05) is 6.61 Å². The summed E-state index contributed by atoms with van der Waals surface area (Å²) in [6.45, 7) is 2.11. The first-order valence-electron chi connectivity index (χ1n) is 9.43. The van der Waals surface area contributed by atoms with E-state index in [9.17, 15) is 9.59 Å². The first-order valence-corrected chi connectivity index (χ1v) is 10.2. The lowest BCUT2D eigenvalue weighted by molar-refractivity contribution is -0.162. The predicted octanol–water partition coefficient (Wildman–Crippen LogP) is 4.65. The van der Waals surface area contributed by atoms with Crippen molar-refractivity contribution in [1.82, 2.24) is 4.90 Å². The van der Waals surface area contributed by atoms with Crippen LogP contribution in [0.2, 0.25) is 10.0 Å². The maximum atomic E-state index is 13.2. The van der Waals surface area contributed by atoms with Crippen molar-refractivity contribution in [1.29, 1.82) is 0 Å². The van der Waals surface area contributed by atoms with Crippen LogP contribution in [0.5, 0.6) is 0 Å². The lowest BCUT2D eigenvalue weighted by atomic mass is 9.76. The van der Waals surface area contributed by atoms with E-state index in [-0.39, 0.29) is 24.3 Å². The molecule has 6 heteroatoms. The summed E-state index contributed by atoms with van der Waals surface area (Å²) < 4.78 is 5.25. The summed E-state index contributed by atoms with van der Waals surface area (Å²) in [6, 6.07) is 4.85. The van der Waals surface area contributed by atoms with E-state index in [0.717, 1.165) is 25.7 Å². The molecule has 0 spiro atoms. The van der Waals surface area contributed by atoms with Crippen LogP contribution in [0.25, 0.3) is 0 Å². The molecule has 1 amide bonds. The molecule has 0 N–H and O–H groups in total. The van der Waals surface area contributed by atoms with Gasteiger partial charge in [-0.15, -0.1) is 0 Å². The van der Waals surface area contributed by atoms with Crippen LogP contribution < -0.4 is 0 Å². The molecule has 3 unspecified atom stereocenters. The van der Waals surface area contributed by atoms with Crippen molar-refractivity contribution in [2.45, 2.75) is 64.0 Å². The number of hydrogen-bond donors (Lipinski definition) is 0. The number of benzene rings is 1. The van der Waals surface area contributed by atoms with Crippen LogP contribution in [0.1, 0.15) is 51.0 Å². The minimum absolute atomic E-state index is 0.0883. The van der Waals surface area contributed by atoms with Crippen LogP contribution in [-0.2, 0) is 20.7 Å². The summed E-state index contributed by atoms with van der Waals surface area (Å²) >= 11 is 12.5. The van der Waals surface area contributed by atoms with Gasteiger partial charge in [-0.1, -0.05) is 42.1 Å². The topological polar surface area (TPSA) is 46.6 Å². The molecule has 1 aliphatic heterocycles. The molecule has 0 aromatic heterocycles. The van der Waals surface area contributed by atoms with Gasteiger partial charge in [-0.2, -0.15) is 0 Å². The highest BCUT2D eigenvalue weighted by Crippen LogP contribution is 2.39. The highest BCUT2D eigenvalue weighted by molar-refractivity contribution is 6.36. The van der Waals surface area contributed by atoms with E-state index in [1.54, 1.807) is 30.0 Å². The minimum atomic E-state index is -0.497. The zero-order chi connectivity index (χ0) is 18.7. The second kappa shape index (κ2) is 8.62. The Morgan fingerprint density at radius 1 is 1.12 bits per heavy atom. The van der Waals surface area contributed by atoms with E-state index < -0.39 is 6.04 Å². The molecule has 26 heavy (non-hydrogen) atoms. The SMILES string of the molecule is CCOC(=O)C1CCC2CCCCC2N1C(=O)Cc1c(Cl)cccc1Cl. The molecule has 3 rings (SSSR count). The average Bonchev–Trinajstić information content (AvgIpc) is 2.64. The fourth-order valence-corrected chi connectivity index (χ4v) is 4.94. The summed E-state index contributed by atoms with van der Waals surface area (Å²) in [5, 5.41) is 0.964.